The fourth-order valence-electron chi connectivity index (χ4n) is 3.26. The van der Waals surface area contributed by atoms with E-state index in [2.05, 4.69) is 47.5 Å². The van der Waals surface area contributed by atoms with Crippen molar-refractivity contribution in [1.82, 2.24) is 10.2 Å². The predicted molar refractivity (Wildman–Crippen MR) is 81.8 cm³/mol. The first-order valence-corrected chi connectivity index (χ1v) is 7.98. The van der Waals surface area contributed by atoms with Crippen LogP contribution in [0.4, 0.5) is 0 Å². The third-order valence-electron chi connectivity index (χ3n) is 4.55. The lowest BCUT2D eigenvalue weighted by Crippen LogP contribution is -2.54. The lowest BCUT2D eigenvalue weighted by Gasteiger charge is -2.41. The summed E-state index contributed by atoms with van der Waals surface area (Å²) in [6.07, 6.45) is 2.82. The molecule has 0 aromatic heterocycles. The first-order chi connectivity index (χ1) is 9.88. The summed E-state index contributed by atoms with van der Waals surface area (Å²) < 4.78 is 5.56. The summed E-state index contributed by atoms with van der Waals surface area (Å²) in [5, 5.41) is 3.74. The summed E-state index contributed by atoms with van der Waals surface area (Å²) in [4.78, 5) is 2.65. The normalized spacial score (nSPS) is 27.6. The van der Waals surface area contributed by atoms with E-state index in [1.165, 1.54) is 18.4 Å². The molecule has 3 rings (SSSR count). The molecule has 1 aliphatic heterocycles. The van der Waals surface area contributed by atoms with Gasteiger partial charge in [0.25, 0.3) is 0 Å². The topological polar surface area (TPSA) is 24.5 Å². The average molecular weight is 274 g/mol. The van der Waals surface area contributed by atoms with Crippen molar-refractivity contribution in [3.8, 4) is 0 Å². The molecule has 1 aliphatic carbocycles. The van der Waals surface area contributed by atoms with E-state index in [0.29, 0.717) is 6.04 Å². The van der Waals surface area contributed by atoms with Crippen molar-refractivity contribution >= 4 is 0 Å². The molecule has 0 amide bonds. The lowest BCUT2D eigenvalue weighted by atomic mass is 10.00. The summed E-state index contributed by atoms with van der Waals surface area (Å²) in [6.45, 7) is 7.06. The zero-order valence-electron chi connectivity index (χ0n) is 12.4. The van der Waals surface area contributed by atoms with Crippen LogP contribution in [-0.2, 0) is 4.74 Å². The first-order valence-electron chi connectivity index (χ1n) is 7.98. The van der Waals surface area contributed by atoms with Gasteiger partial charge in [-0.3, -0.25) is 4.90 Å². The smallest absolute Gasteiger partial charge is 0.0593 e. The van der Waals surface area contributed by atoms with Crippen LogP contribution in [0, 0.1) is 5.92 Å². The molecule has 2 atom stereocenters. The number of benzene rings is 1. The van der Waals surface area contributed by atoms with E-state index in [-0.39, 0.29) is 0 Å². The summed E-state index contributed by atoms with van der Waals surface area (Å²) >= 11 is 0. The van der Waals surface area contributed by atoms with Crippen LogP contribution in [-0.4, -0.2) is 43.8 Å². The number of hydrogen-bond donors (Lipinski definition) is 1. The minimum Gasteiger partial charge on any atom is -0.380 e. The molecule has 1 heterocycles. The van der Waals surface area contributed by atoms with Crippen molar-refractivity contribution in [3.05, 3.63) is 35.9 Å². The predicted octanol–water partition coefficient (Wildman–Crippen LogP) is 2.45. The Bertz CT molecular complexity index is 405. The molecule has 3 nitrogen and oxygen atoms in total. The van der Waals surface area contributed by atoms with Crippen LogP contribution in [0.2, 0.25) is 0 Å². The molecule has 2 aliphatic rings. The molecule has 3 heteroatoms. The van der Waals surface area contributed by atoms with Crippen LogP contribution < -0.4 is 5.32 Å². The van der Waals surface area contributed by atoms with E-state index in [1.807, 2.05) is 0 Å². The van der Waals surface area contributed by atoms with Crippen LogP contribution >= 0.6 is 0 Å². The van der Waals surface area contributed by atoms with Gasteiger partial charge in [0.2, 0.25) is 0 Å². The first kappa shape index (κ1) is 14.1. The van der Waals surface area contributed by atoms with Crippen LogP contribution in [0.15, 0.2) is 30.3 Å². The van der Waals surface area contributed by atoms with Crippen LogP contribution in [0.5, 0.6) is 0 Å². The minimum atomic E-state index is 0.466. The molecule has 1 aromatic carbocycles. The Morgan fingerprint density at radius 1 is 1.25 bits per heavy atom. The zero-order chi connectivity index (χ0) is 13.8. The number of rotatable bonds is 6. The van der Waals surface area contributed by atoms with E-state index < -0.39 is 0 Å². The van der Waals surface area contributed by atoms with Crippen LogP contribution in [0.3, 0.4) is 0 Å². The molecule has 1 aromatic rings. The molecular formula is C17H26N2O. The van der Waals surface area contributed by atoms with E-state index in [1.54, 1.807) is 0 Å². The highest BCUT2D eigenvalue weighted by Crippen LogP contribution is 2.37. The summed E-state index contributed by atoms with van der Waals surface area (Å²) in [5.41, 5.74) is 1.41. The highest BCUT2D eigenvalue weighted by molar-refractivity contribution is 5.20. The number of nitrogens with zero attached hydrogens (tertiary/aromatic N) is 1. The van der Waals surface area contributed by atoms with Crippen molar-refractivity contribution < 1.29 is 4.74 Å². The Labute approximate surface area is 122 Å². The summed E-state index contributed by atoms with van der Waals surface area (Å²) in [6, 6.07) is 12.0. The molecule has 110 valence electrons. The SMILES string of the molecule is CCOCCN1CC(c2ccccc2)NCC1C1CC1. The van der Waals surface area contributed by atoms with Gasteiger partial charge < -0.3 is 10.1 Å². The molecule has 1 saturated heterocycles. The van der Waals surface area contributed by atoms with E-state index in [4.69, 9.17) is 4.74 Å². The number of hydrogen-bond acceptors (Lipinski definition) is 3. The van der Waals surface area contributed by atoms with Gasteiger partial charge in [-0.2, -0.15) is 0 Å². The van der Waals surface area contributed by atoms with E-state index >= 15 is 0 Å². The van der Waals surface area contributed by atoms with Crippen molar-refractivity contribution in [2.45, 2.75) is 31.8 Å². The maximum absolute atomic E-state index is 5.56. The Morgan fingerprint density at radius 2 is 2.05 bits per heavy atom. The van der Waals surface area contributed by atoms with Crippen molar-refractivity contribution in [2.24, 2.45) is 5.92 Å². The van der Waals surface area contributed by atoms with Gasteiger partial charge in [-0.1, -0.05) is 30.3 Å². The molecule has 1 N–H and O–H groups in total. The van der Waals surface area contributed by atoms with Gasteiger partial charge in [-0.05, 0) is 31.2 Å². The Hall–Kier alpha value is -0.900. The summed E-state index contributed by atoms with van der Waals surface area (Å²) in [5.74, 6) is 0.917. The molecule has 2 unspecified atom stereocenters. The van der Waals surface area contributed by atoms with Gasteiger partial charge in [0.05, 0.1) is 6.61 Å². The molecule has 0 bridgehead atoms. The third kappa shape index (κ3) is 3.40. The van der Waals surface area contributed by atoms with Crippen molar-refractivity contribution in [2.75, 3.05) is 32.8 Å². The van der Waals surface area contributed by atoms with E-state index in [9.17, 15) is 0 Å². The van der Waals surface area contributed by atoms with Gasteiger partial charge >= 0.3 is 0 Å². The van der Waals surface area contributed by atoms with Crippen molar-refractivity contribution in [1.29, 1.82) is 0 Å². The molecule has 0 radical (unpaired) electrons. The highest BCUT2D eigenvalue weighted by atomic mass is 16.5. The molecule has 0 spiro atoms. The fourth-order valence-corrected chi connectivity index (χ4v) is 3.26. The third-order valence-corrected chi connectivity index (χ3v) is 4.55. The standard InChI is InChI=1S/C17H26N2O/c1-2-20-11-10-19-13-16(14-6-4-3-5-7-14)18-12-17(19)15-8-9-15/h3-7,15-18H,2,8-13H2,1H3. The van der Waals surface area contributed by atoms with Crippen LogP contribution in [0.25, 0.3) is 0 Å². The van der Waals surface area contributed by atoms with Gasteiger partial charge in [-0.15, -0.1) is 0 Å². The largest absolute Gasteiger partial charge is 0.380 e. The Balaban J connectivity index is 1.63. The monoisotopic (exact) mass is 274 g/mol. The number of ether oxygens (including phenoxy) is 1. The molecule has 20 heavy (non-hydrogen) atoms. The second-order valence-corrected chi connectivity index (χ2v) is 5.97. The van der Waals surface area contributed by atoms with E-state index in [0.717, 1.165) is 44.8 Å². The second-order valence-electron chi connectivity index (χ2n) is 5.97. The molecular weight excluding hydrogens is 248 g/mol. The maximum Gasteiger partial charge on any atom is 0.0593 e. The summed E-state index contributed by atoms with van der Waals surface area (Å²) in [7, 11) is 0. The van der Waals surface area contributed by atoms with Gasteiger partial charge in [0.1, 0.15) is 0 Å². The fraction of sp³-hybridized carbons (Fsp3) is 0.647. The molecule has 1 saturated carbocycles. The second kappa shape index (κ2) is 6.70. The number of nitrogens with one attached hydrogen (secondary N) is 1. The van der Waals surface area contributed by atoms with Gasteiger partial charge in [-0.25, -0.2) is 0 Å². The van der Waals surface area contributed by atoms with Crippen LogP contribution in [0.1, 0.15) is 31.4 Å². The Kier molecular flexibility index (Phi) is 4.71. The lowest BCUT2D eigenvalue weighted by molar-refractivity contribution is 0.0626. The number of piperazine rings is 1. The Morgan fingerprint density at radius 3 is 2.75 bits per heavy atom. The average Bonchev–Trinajstić information content (AvgIpc) is 3.33. The van der Waals surface area contributed by atoms with Crippen molar-refractivity contribution in [3.63, 3.8) is 0 Å². The van der Waals surface area contributed by atoms with Gasteiger partial charge in [0.15, 0.2) is 0 Å². The van der Waals surface area contributed by atoms with Gasteiger partial charge in [0, 0.05) is 38.3 Å². The minimum absolute atomic E-state index is 0.466. The maximum atomic E-state index is 5.56. The molecule has 2 fully saturated rings. The highest BCUT2D eigenvalue weighted by Gasteiger charge is 2.38. The quantitative estimate of drug-likeness (QED) is 0.806. The zero-order valence-corrected chi connectivity index (χ0v) is 12.4.